The highest BCUT2D eigenvalue weighted by Crippen LogP contribution is 2.23. The fourth-order valence-corrected chi connectivity index (χ4v) is 2.41. The van der Waals surface area contributed by atoms with Gasteiger partial charge in [-0.2, -0.15) is 0 Å². The highest BCUT2D eigenvalue weighted by Gasteiger charge is 2.13. The van der Waals surface area contributed by atoms with Gasteiger partial charge in [-0.05, 0) is 30.3 Å². The zero-order valence-corrected chi connectivity index (χ0v) is 11.6. The Morgan fingerprint density at radius 1 is 1.14 bits per heavy atom. The summed E-state index contributed by atoms with van der Waals surface area (Å²) in [5, 5.41) is 9.99. The van der Waals surface area contributed by atoms with Gasteiger partial charge in [0, 0.05) is 18.0 Å². The summed E-state index contributed by atoms with van der Waals surface area (Å²) in [6, 6.07) is 16.7. The van der Waals surface area contributed by atoms with Crippen molar-refractivity contribution < 1.29 is 14.6 Å². The monoisotopic (exact) mass is 281 g/mol. The van der Waals surface area contributed by atoms with Crippen molar-refractivity contribution in [2.75, 3.05) is 0 Å². The van der Waals surface area contributed by atoms with Crippen molar-refractivity contribution in [3.05, 3.63) is 65.9 Å². The average molecular weight is 281 g/mol. The van der Waals surface area contributed by atoms with E-state index in [0.29, 0.717) is 12.2 Å². The van der Waals surface area contributed by atoms with E-state index >= 15 is 0 Å². The topological polar surface area (TPSA) is 51.5 Å². The maximum atomic E-state index is 11.3. The molecular weight excluding hydrogens is 266 g/mol. The second kappa shape index (κ2) is 5.32. The summed E-state index contributed by atoms with van der Waals surface area (Å²) < 4.78 is 7.70. The van der Waals surface area contributed by atoms with Crippen LogP contribution in [0.2, 0.25) is 0 Å². The number of carboxylic acids is 1. The molecule has 0 radical (unpaired) electrons. The van der Waals surface area contributed by atoms with E-state index in [-0.39, 0.29) is 0 Å². The molecule has 106 valence electrons. The number of ether oxygens (including phenoxy) is 1. The molecule has 4 nitrogen and oxygen atoms in total. The van der Waals surface area contributed by atoms with Crippen molar-refractivity contribution >= 4 is 16.9 Å². The molecule has 0 aliphatic carbocycles. The Hall–Kier alpha value is -2.75. The third-order valence-electron chi connectivity index (χ3n) is 3.55. The average Bonchev–Trinajstić information content (AvgIpc) is 2.83. The molecule has 0 aliphatic rings. The summed E-state index contributed by atoms with van der Waals surface area (Å²) >= 11 is 0. The smallest absolute Gasteiger partial charge is 0.336 e. The van der Waals surface area contributed by atoms with Crippen LogP contribution in [0, 0.1) is 0 Å². The van der Waals surface area contributed by atoms with Crippen molar-refractivity contribution in [2.45, 2.75) is 6.61 Å². The van der Waals surface area contributed by atoms with E-state index in [1.54, 1.807) is 12.1 Å². The van der Waals surface area contributed by atoms with Gasteiger partial charge in [0.1, 0.15) is 12.4 Å². The van der Waals surface area contributed by atoms with Crippen molar-refractivity contribution in [1.29, 1.82) is 0 Å². The molecule has 3 aromatic rings. The van der Waals surface area contributed by atoms with Gasteiger partial charge >= 0.3 is 5.97 Å². The number of para-hydroxylation sites is 1. The molecule has 1 heterocycles. The number of nitrogens with zero attached hydrogens (tertiary/aromatic N) is 1. The van der Waals surface area contributed by atoms with Crippen LogP contribution in [0.15, 0.2) is 54.6 Å². The Balaban J connectivity index is 1.94. The largest absolute Gasteiger partial charge is 0.487 e. The van der Waals surface area contributed by atoms with Crippen molar-refractivity contribution in [1.82, 2.24) is 4.57 Å². The predicted molar refractivity (Wildman–Crippen MR) is 80.7 cm³/mol. The van der Waals surface area contributed by atoms with Crippen LogP contribution in [-0.4, -0.2) is 15.6 Å². The Bertz CT molecular complexity index is 790. The number of carboxylic acid groups (broad SMARTS) is 1. The molecule has 0 fully saturated rings. The normalized spacial score (nSPS) is 10.7. The van der Waals surface area contributed by atoms with Gasteiger partial charge in [-0.3, -0.25) is 0 Å². The third kappa shape index (κ3) is 2.48. The standard InChI is InChI=1S/C17H15NO3/c1-18-12(11-21-13-6-3-2-4-7-13)10-15-14(17(19)20)8-5-9-16(15)18/h2-10H,11H2,1H3,(H,19,20). The van der Waals surface area contributed by atoms with Gasteiger partial charge in [0.05, 0.1) is 11.3 Å². The lowest BCUT2D eigenvalue weighted by Gasteiger charge is -2.07. The maximum absolute atomic E-state index is 11.3. The van der Waals surface area contributed by atoms with E-state index in [2.05, 4.69) is 0 Å². The molecular formula is C17H15NO3. The van der Waals surface area contributed by atoms with Crippen LogP contribution in [0.4, 0.5) is 0 Å². The maximum Gasteiger partial charge on any atom is 0.336 e. The predicted octanol–water partition coefficient (Wildman–Crippen LogP) is 3.46. The SMILES string of the molecule is Cn1c(COc2ccccc2)cc2c(C(=O)O)cccc21. The summed E-state index contributed by atoms with van der Waals surface area (Å²) in [6.07, 6.45) is 0. The number of aromatic carboxylic acids is 1. The first-order valence-electron chi connectivity index (χ1n) is 6.65. The van der Waals surface area contributed by atoms with Gasteiger partial charge in [0.25, 0.3) is 0 Å². The van der Waals surface area contributed by atoms with Crippen LogP contribution >= 0.6 is 0 Å². The molecule has 0 spiro atoms. The molecule has 0 saturated heterocycles. The van der Waals surface area contributed by atoms with Gasteiger partial charge in [-0.25, -0.2) is 4.79 Å². The highest BCUT2D eigenvalue weighted by atomic mass is 16.5. The molecule has 0 atom stereocenters. The molecule has 0 bridgehead atoms. The number of hydrogen-bond acceptors (Lipinski definition) is 2. The number of benzene rings is 2. The molecule has 1 aromatic heterocycles. The van der Waals surface area contributed by atoms with E-state index in [1.165, 1.54) is 0 Å². The van der Waals surface area contributed by atoms with E-state index in [1.807, 2.05) is 54.1 Å². The zero-order valence-electron chi connectivity index (χ0n) is 11.6. The van der Waals surface area contributed by atoms with Crippen molar-refractivity contribution in [3.63, 3.8) is 0 Å². The van der Waals surface area contributed by atoms with Gasteiger partial charge < -0.3 is 14.4 Å². The van der Waals surface area contributed by atoms with Crippen LogP contribution < -0.4 is 4.74 Å². The van der Waals surface area contributed by atoms with Crippen molar-refractivity contribution in [3.8, 4) is 5.75 Å². The van der Waals surface area contributed by atoms with Crippen LogP contribution in [-0.2, 0) is 13.7 Å². The lowest BCUT2D eigenvalue weighted by molar-refractivity contribution is 0.0699. The molecule has 0 amide bonds. The summed E-state index contributed by atoms with van der Waals surface area (Å²) in [4.78, 5) is 11.3. The molecule has 3 rings (SSSR count). The molecule has 0 unspecified atom stereocenters. The second-order valence-electron chi connectivity index (χ2n) is 4.84. The minimum absolute atomic E-state index is 0.314. The number of aryl methyl sites for hydroxylation is 1. The number of hydrogen-bond donors (Lipinski definition) is 1. The Morgan fingerprint density at radius 3 is 2.62 bits per heavy atom. The Labute approximate surface area is 122 Å². The number of aromatic nitrogens is 1. The fourth-order valence-electron chi connectivity index (χ4n) is 2.41. The zero-order chi connectivity index (χ0) is 14.8. The molecule has 1 N–H and O–H groups in total. The minimum Gasteiger partial charge on any atom is -0.487 e. The molecule has 2 aromatic carbocycles. The first-order valence-corrected chi connectivity index (χ1v) is 6.65. The quantitative estimate of drug-likeness (QED) is 0.796. The second-order valence-corrected chi connectivity index (χ2v) is 4.84. The first-order chi connectivity index (χ1) is 10.2. The molecule has 0 aliphatic heterocycles. The minimum atomic E-state index is -0.915. The van der Waals surface area contributed by atoms with Gasteiger partial charge in [0.2, 0.25) is 0 Å². The molecule has 0 saturated carbocycles. The summed E-state index contributed by atoms with van der Waals surface area (Å²) in [6.45, 7) is 0.397. The van der Waals surface area contributed by atoms with Gasteiger partial charge in [0.15, 0.2) is 0 Å². The fraction of sp³-hybridized carbons (Fsp3) is 0.118. The van der Waals surface area contributed by atoms with Gasteiger partial charge in [-0.1, -0.05) is 24.3 Å². The number of fused-ring (bicyclic) bond motifs is 1. The summed E-state index contributed by atoms with van der Waals surface area (Å²) in [5.41, 5.74) is 2.14. The number of rotatable bonds is 4. The van der Waals surface area contributed by atoms with E-state index in [4.69, 9.17) is 4.74 Å². The lowest BCUT2D eigenvalue weighted by atomic mass is 10.1. The summed E-state index contributed by atoms with van der Waals surface area (Å²) in [5.74, 6) is -0.122. The lowest BCUT2D eigenvalue weighted by Crippen LogP contribution is -2.01. The van der Waals surface area contributed by atoms with Gasteiger partial charge in [-0.15, -0.1) is 0 Å². The van der Waals surface area contributed by atoms with Crippen LogP contribution in [0.5, 0.6) is 5.75 Å². The first kappa shape index (κ1) is 13.2. The van der Waals surface area contributed by atoms with Crippen LogP contribution in [0.25, 0.3) is 10.9 Å². The van der Waals surface area contributed by atoms with E-state index < -0.39 is 5.97 Å². The van der Waals surface area contributed by atoms with Crippen molar-refractivity contribution in [2.24, 2.45) is 7.05 Å². The highest BCUT2D eigenvalue weighted by molar-refractivity contribution is 6.03. The Morgan fingerprint density at radius 2 is 1.90 bits per heavy atom. The third-order valence-corrected chi connectivity index (χ3v) is 3.55. The van der Waals surface area contributed by atoms with Crippen LogP contribution in [0.1, 0.15) is 16.1 Å². The molecule has 21 heavy (non-hydrogen) atoms. The van der Waals surface area contributed by atoms with E-state index in [0.717, 1.165) is 22.3 Å². The Kier molecular flexibility index (Phi) is 3.36. The van der Waals surface area contributed by atoms with E-state index in [9.17, 15) is 9.90 Å². The van der Waals surface area contributed by atoms with Crippen LogP contribution in [0.3, 0.4) is 0 Å². The number of carbonyl (C=O) groups is 1. The molecule has 4 heteroatoms. The summed E-state index contributed by atoms with van der Waals surface area (Å²) in [7, 11) is 1.91.